The Morgan fingerprint density at radius 2 is 2.15 bits per heavy atom. The fourth-order valence-corrected chi connectivity index (χ4v) is 2.71. The summed E-state index contributed by atoms with van der Waals surface area (Å²) in [5, 5.41) is 2.83. The van der Waals surface area contributed by atoms with E-state index in [0.717, 1.165) is 6.54 Å². The fourth-order valence-electron chi connectivity index (χ4n) is 2.71. The second-order valence-corrected chi connectivity index (χ2v) is 5.41. The maximum absolute atomic E-state index is 12.9. The van der Waals surface area contributed by atoms with E-state index in [2.05, 4.69) is 17.3 Å². The molecule has 0 aromatic heterocycles. The van der Waals surface area contributed by atoms with Crippen molar-refractivity contribution in [2.75, 3.05) is 25.9 Å². The van der Waals surface area contributed by atoms with Gasteiger partial charge in [-0.3, -0.25) is 4.79 Å². The molecule has 0 heterocycles. The molecule has 110 valence electrons. The quantitative estimate of drug-likeness (QED) is 0.811. The molecule has 0 atom stereocenters. The summed E-state index contributed by atoms with van der Waals surface area (Å²) >= 11 is 0. The first kappa shape index (κ1) is 14.8. The molecule has 1 amide bonds. The first-order valence-electron chi connectivity index (χ1n) is 7.11. The SMILES string of the molecule is CN(CCNC(=O)c1ccc(F)cc1N)C1CCCC1. The number of hydrogen-bond acceptors (Lipinski definition) is 3. The Bertz CT molecular complexity index is 472. The summed E-state index contributed by atoms with van der Waals surface area (Å²) in [6, 6.07) is 4.47. The van der Waals surface area contributed by atoms with E-state index in [4.69, 9.17) is 5.73 Å². The Morgan fingerprint density at radius 3 is 2.80 bits per heavy atom. The topological polar surface area (TPSA) is 58.4 Å². The van der Waals surface area contributed by atoms with Crippen LogP contribution in [0.2, 0.25) is 0 Å². The van der Waals surface area contributed by atoms with Crippen molar-refractivity contribution in [2.45, 2.75) is 31.7 Å². The van der Waals surface area contributed by atoms with E-state index in [0.29, 0.717) is 18.2 Å². The molecule has 4 nitrogen and oxygen atoms in total. The molecule has 0 radical (unpaired) electrons. The average molecular weight is 279 g/mol. The smallest absolute Gasteiger partial charge is 0.253 e. The van der Waals surface area contributed by atoms with Crippen LogP contribution in [-0.2, 0) is 0 Å². The van der Waals surface area contributed by atoms with E-state index < -0.39 is 5.82 Å². The summed E-state index contributed by atoms with van der Waals surface area (Å²) in [5.74, 6) is -0.678. The monoisotopic (exact) mass is 279 g/mol. The van der Waals surface area contributed by atoms with E-state index in [1.807, 2.05) is 0 Å². The van der Waals surface area contributed by atoms with Gasteiger partial charge in [-0.1, -0.05) is 12.8 Å². The number of anilines is 1. The number of nitrogens with two attached hydrogens (primary N) is 1. The number of halogens is 1. The van der Waals surface area contributed by atoms with E-state index in [-0.39, 0.29) is 11.6 Å². The molecule has 20 heavy (non-hydrogen) atoms. The fraction of sp³-hybridized carbons (Fsp3) is 0.533. The molecule has 3 N–H and O–H groups in total. The highest BCUT2D eigenvalue weighted by atomic mass is 19.1. The number of nitrogens with zero attached hydrogens (tertiary/aromatic N) is 1. The third kappa shape index (κ3) is 3.70. The van der Waals surface area contributed by atoms with Crippen LogP contribution in [0.5, 0.6) is 0 Å². The van der Waals surface area contributed by atoms with Crippen LogP contribution in [-0.4, -0.2) is 37.0 Å². The standard InChI is InChI=1S/C15H22FN3O/c1-19(12-4-2-3-5-12)9-8-18-15(20)13-7-6-11(16)10-14(13)17/h6-7,10,12H,2-5,8-9,17H2,1H3,(H,18,20). The number of nitrogen functional groups attached to an aromatic ring is 1. The summed E-state index contributed by atoms with van der Waals surface area (Å²) in [6.07, 6.45) is 5.09. The summed E-state index contributed by atoms with van der Waals surface area (Å²) in [5.41, 5.74) is 6.14. The van der Waals surface area contributed by atoms with Crippen molar-refractivity contribution in [1.82, 2.24) is 10.2 Å². The summed E-state index contributed by atoms with van der Waals surface area (Å²) < 4.78 is 12.9. The first-order valence-corrected chi connectivity index (χ1v) is 7.11. The van der Waals surface area contributed by atoms with Crippen molar-refractivity contribution in [3.63, 3.8) is 0 Å². The van der Waals surface area contributed by atoms with Gasteiger partial charge in [0.15, 0.2) is 0 Å². The van der Waals surface area contributed by atoms with Crippen LogP contribution in [0.15, 0.2) is 18.2 Å². The van der Waals surface area contributed by atoms with Gasteiger partial charge in [0.2, 0.25) is 0 Å². The third-order valence-corrected chi connectivity index (χ3v) is 3.96. The predicted molar refractivity (Wildman–Crippen MR) is 78.0 cm³/mol. The molecule has 0 bridgehead atoms. The van der Waals surface area contributed by atoms with Crippen molar-refractivity contribution in [3.05, 3.63) is 29.6 Å². The zero-order valence-corrected chi connectivity index (χ0v) is 11.9. The molecule has 0 unspecified atom stereocenters. The lowest BCUT2D eigenvalue weighted by Crippen LogP contribution is -2.37. The summed E-state index contributed by atoms with van der Waals surface area (Å²) in [6.45, 7) is 1.39. The molecule has 0 saturated heterocycles. The van der Waals surface area contributed by atoms with Crippen molar-refractivity contribution >= 4 is 11.6 Å². The molecule has 1 aliphatic carbocycles. The normalized spacial score (nSPS) is 15.8. The highest BCUT2D eigenvalue weighted by molar-refractivity contribution is 5.99. The molecule has 0 spiro atoms. The van der Waals surface area contributed by atoms with Crippen LogP contribution in [0, 0.1) is 5.82 Å². The molecule has 1 aliphatic rings. The second kappa shape index (κ2) is 6.70. The number of amides is 1. The van der Waals surface area contributed by atoms with Crippen LogP contribution in [0.1, 0.15) is 36.0 Å². The Hall–Kier alpha value is -1.62. The third-order valence-electron chi connectivity index (χ3n) is 3.96. The van der Waals surface area contributed by atoms with Crippen LogP contribution in [0.25, 0.3) is 0 Å². The maximum atomic E-state index is 12.9. The first-order chi connectivity index (χ1) is 9.58. The van der Waals surface area contributed by atoms with Gasteiger partial charge in [-0.05, 0) is 38.1 Å². The van der Waals surface area contributed by atoms with Crippen LogP contribution < -0.4 is 11.1 Å². The Morgan fingerprint density at radius 1 is 1.45 bits per heavy atom. The minimum Gasteiger partial charge on any atom is -0.398 e. The number of likely N-dealkylation sites (N-methyl/N-ethyl adjacent to an activating group) is 1. The number of hydrogen-bond donors (Lipinski definition) is 2. The molecule has 1 saturated carbocycles. The van der Waals surface area contributed by atoms with Crippen molar-refractivity contribution in [3.8, 4) is 0 Å². The van der Waals surface area contributed by atoms with Gasteiger partial charge in [0, 0.05) is 24.8 Å². The van der Waals surface area contributed by atoms with E-state index in [1.165, 1.54) is 43.9 Å². The zero-order chi connectivity index (χ0) is 14.5. The molecule has 1 fully saturated rings. The van der Waals surface area contributed by atoms with Gasteiger partial charge in [-0.2, -0.15) is 0 Å². The largest absolute Gasteiger partial charge is 0.398 e. The van der Waals surface area contributed by atoms with Crippen molar-refractivity contribution in [1.29, 1.82) is 0 Å². The minimum absolute atomic E-state index is 0.173. The lowest BCUT2D eigenvalue weighted by atomic mass is 10.1. The lowest BCUT2D eigenvalue weighted by Gasteiger charge is -2.23. The summed E-state index contributed by atoms with van der Waals surface area (Å²) in [4.78, 5) is 14.2. The number of carbonyl (C=O) groups is 1. The molecular weight excluding hydrogens is 257 g/mol. The van der Waals surface area contributed by atoms with Gasteiger partial charge in [-0.25, -0.2) is 4.39 Å². The highest BCUT2D eigenvalue weighted by Gasteiger charge is 2.19. The summed E-state index contributed by atoms with van der Waals surface area (Å²) in [7, 11) is 2.09. The minimum atomic E-state index is -0.431. The molecule has 0 aliphatic heterocycles. The number of benzene rings is 1. The van der Waals surface area contributed by atoms with Gasteiger partial charge in [0.25, 0.3) is 5.91 Å². The number of carbonyl (C=O) groups excluding carboxylic acids is 1. The van der Waals surface area contributed by atoms with Gasteiger partial charge in [0.1, 0.15) is 5.82 Å². The Balaban J connectivity index is 1.80. The maximum Gasteiger partial charge on any atom is 0.253 e. The zero-order valence-electron chi connectivity index (χ0n) is 11.9. The van der Waals surface area contributed by atoms with E-state index >= 15 is 0 Å². The van der Waals surface area contributed by atoms with Crippen molar-refractivity contribution in [2.24, 2.45) is 0 Å². The van der Waals surface area contributed by atoms with E-state index in [9.17, 15) is 9.18 Å². The van der Waals surface area contributed by atoms with Gasteiger partial charge in [-0.15, -0.1) is 0 Å². The second-order valence-electron chi connectivity index (χ2n) is 5.41. The predicted octanol–water partition coefficient (Wildman–Crippen LogP) is 2.01. The number of nitrogens with one attached hydrogen (secondary N) is 1. The molecule has 1 aromatic rings. The average Bonchev–Trinajstić information content (AvgIpc) is 2.92. The Kier molecular flexibility index (Phi) is 4.95. The van der Waals surface area contributed by atoms with Gasteiger partial charge < -0.3 is 16.0 Å². The van der Waals surface area contributed by atoms with Crippen LogP contribution >= 0.6 is 0 Å². The Labute approximate surface area is 119 Å². The lowest BCUT2D eigenvalue weighted by molar-refractivity contribution is 0.0948. The molecular formula is C15H22FN3O. The highest BCUT2D eigenvalue weighted by Crippen LogP contribution is 2.21. The van der Waals surface area contributed by atoms with Crippen LogP contribution in [0.3, 0.4) is 0 Å². The van der Waals surface area contributed by atoms with Gasteiger partial charge >= 0.3 is 0 Å². The van der Waals surface area contributed by atoms with Crippen LogP contribution in [0.4, 0.5) is 10.1 Å². The van der Waals surface area contributed by atoms with Gasteiger partial charge in [0.05, 0.1) is 5.56 Å². The molecule has 2 rings (SSSR count). The van der Waals surface area contributed by atoms with Crippen molar-refractivity contribution < 1.29 is 9.18 Å². The molecule has 1 aromatic carbocycles. The number of rotatable bonds is 5. The van der Waals surface area contributed by atoms with E-state index in [1.54, 1.807) is 0 Å². The molecule has 5 heteroatoms.